The average Bonchev–Trinajstić information content (AvgIpc) is 3.22. The number of pyridine rings is 1. The molecule has 5 nitrogen and oxygen atoms in total. The predicted molar refractivity (Wildman–Crippen MR) is 79.6 cm³/mol. The van der Waals surface area contributed by atoms with Crippen LogP contribution in [0.2, 0.25) is 0 Å². The maximum absolute atomic E-state index is 12.6. The molecule has 0 bridgehead atoms. The number of alkyl halides is 3. The molecular formula is C16H16F3N3O2. The van der Waals surface area contributed by atoms with Gasteiger partial charge in [-0.25, -0.2) is 4.98 Å². The van der Waals surface area contributed by atoms with Gasteiger partial charge in [0, 0.05) is 30.7 Å². The van der Waals surface area contributed by atoms with Gasteiger partial charge in [0.25, 0.3) is 5.91 Å². The van der Waals surface area contributed by atoms with Gasteiger partial charge in [0.1, 0.15) is 0 Å². The average molecular weight is 339 g/mol. The fraction of sp³-hybridized carbons (Fsp3) is 0.375. The van der Waals surface area contributed by atoms with E-state index in [0.717, 1.165) is 18.5 Å². The summed E-state index contributed by atoms with van der Waals surface area (Å²) in [4.78, 5) is 21.3. The maximum Gasteiger partial charge on any atom is 0.422 e. The Bertz CT molecular complexity index is 684. The van der Waals surface area contributed by atoms with Crippen LogP contribution in [-0.4, -0.2) is 40.1 Å². The summed E-state index contributed by atoms with van der Waals surface area (Å²) in [5.41, 5.74) is 1.30. The predicted octanol–water partition coefficient (Wildman–Crippen LogP) is 3.33. The first-order chi connectivity index (χ1) is 11.4. The number of likely N-dealkylation sites (tertiary alicyclic amines) is 1. The first kappa shape index (κ1) is 16.4. The van der Waals surface area contributed by atoms with Gasteiger partial charge in [0.05, 0.1) is 11.6 Å². The molecule has 1 fully saturated rings. The number of hydrogen-bond acceptors (Lipinski definition) is 3. The highest BCUT2D eigenvalue weighted by molar-refractivity contribution is 5.94. The molecule has 24 heavy (non-hydrogen) atoms. The van der Waals surface area contributed by atoms with Crippen LogP contribution >= 0.6 is 0 Å². The molecule has 1 aliphatic rings. The van der Waals surface area contributed by atoms with Crippen molar-refractivity contribution in [3.05, 3.63) is 47.9 Å². The van der Waals surface area contributed by atoms with E-state index in [1.807, 2.05) is 18.3 Å². The molecule has 0 radical (unpaired) electrons. The summed E-state index contributed by atoms with van der Waals surface area (Å²) < 4.78 is 40.9. The van der Waals surface area contributed by atoms with Gasteiger partial charge in [0.2, 0.25) is 5.88 Å². The second kappa shape index (κ2) is 6.54. The van der Waals surface area contributed by atoms with Crippen molar-refractivity contribution in [1.82, 2.24) is 14.9 Å². The molecule has 1 N–H and O–H groups in total. The Morgan fingerprint density at radius 1 is 1.38 bits per heavy atom. The van der Waals surface area contributed by atoms with Crippen LogP contribution in [0.25, 0.3) is 0 Å². The van der Waals surface area contributed by atoms with Crippen molar-refractivity contribution >= 4 is 5.91 Å². The third-order valence-electron chi connectivity index (χ3n) is 3.86. The van der Waals surface area contributed by atoms with Crippen LogP contribution < -0.4 is 4.74 Å². The van der Waals surface area contributed by atoms with Gasteiger partial charge in [0.15, 0.2) is 6.61 Å². The Labute approximate surface area is 136 Å². The molecule has 3 heterocycles. The number of carbonyl (C=O) groups excluding carboxylic acids is 1. The lowest BCUT2D eigenvalue weighted by Crippen LogP contribution is -2.30. The van der Waals surface area contributed by atoms with Gasteiger partial charge in [-0.15, -0.1) is 0 Å². The number of aromatic nitrogens is 2. The number of hydrogen-bond donors (Lipinski definition) is 1. The third kappa shape index (κ3) is 3.69. The Kier molecular flexibility index (Phi) is 4.46. The minimum absolute atomic E-state index is 0.0198. The lowest BCUT2D eigenvalue weighted by atomic mass is 10.1. The molecule has 1 aliphatic heterocycles. The number of halogens is 3. The van der Waals surface area contributed by atoms with E-state index < -0.39 is 12.8 Å². The minimum atomic E-state index is -4.42. The molecule has 1 amide bonds. The molecule has 3 rings (SSSR count). The van der Waals surface area contributed by atoms with Gasteiger partial charge in [-0.05, 0) is 31.0 Å². The number of carbonyl (C=O) groups is 1. The quantitative estimate of drug-likeness (QED) is 0.929. The lowest BCUT2D eigenvalue weighted by molar-refractivity contribution is -0.154. The molecule has 128 valence electrons. The summed E-state index contributed by atoms with van der Waals surface area (Å²) in [6, 6.07) is 6.51. The maximum atomic E-state index is 12.6. The molecule has 0 saturated carbocycles. The summed E-state index contributed by atoms with van der Waals surface area (Å²) in [6.45, 7) is -0.775. The van der Waals surface area contributed by atoms with Gasteiger partial charge < -0.3 is 14.6 Å². The highest BCUT2D eigenvalue weighted by atomic mass is 19.4. The van der Waals surface area contributed by atoms with Gasteiger partial charge in [-0.2, -0.15) is 13.2 Å². The van der Waals surface area contributed by atoms with Crippen molar-refractivity contribution in [3.63, 3.8) is 0 Å². The monoisotopic (exact) mass is 339 g/mol. The zero-order chi connectivity index (χ0) is 17.2. The third-order valence-corrected chi connectivity index (χ3v) is 3.86. The van der Waals surface area contributed by atoms with E-state index in [9.17, 15) is 18.0 Å². The van der Waals surface area contributed by atoms with E-state index in [2.05, 4.69) is 14.7 Å². The number of rotatable bonds is 4. The standard InChI is InChI=1S/C16H16F3N3O2/c17-16(18,19)10-24-14-6-5-11(9-21-14)15(23)22-8-2-4-13(22)12-3-1-7-20-12/h1,3,5-7,9,13,20H,2,4,8,10H2/t13-/m1/s1. The number of nitrogens with one attached hydrogen (secondary N) is 1. The fourth-order valence-electron chi connectivity index (χ4n) is 2.80. The van der Waals surface area contributed by atoms with Crippen molar-refractivity contribution in [3.8, 4) is 5.88 Å². The fourth-order valence-corrected chi connectivity index (χ4v) is 2.80. The summed E-state index contributed by atoms with van der Waals surface area (Å²) in [5, 5.41) is 0. The molecule has 0 spiro atoms. The Morgan fingerprint density at radius 3 is 2.83 bits per heavy atom. The zero-order valence-corrected chi connectivity index (χ0v) is 12.7. The summed E-state index contributed by atoms with van der Waals surface area (Å²) in [7, 11) is 0. The number of nitrogens with zero attached hydrogens (tertiary/aromatic N) is 2. The SMILES string of the molecule is O=C(c1ccc(OCC(F)(F)F)nc1)N1CCC[C@@H]1c1ccc[nH]1. The van der Waals surface area contributed by atoms with Crippen LogP contribution in [0.4, 0.5) is 13.2 Å². The van der Waals surface area contributed by atoms with Crippen molar-refractivity contribution in [2.24, 2.45) is 0 Å². The first-order valence-electron chi connectivity index (χ1n) is 7.54. The summed E-state index contributed by atoms with van der Waals surface area (Å²) in [5.74, 6) is -0.354. The Morgan fingerprint density at radius 2 is 2.21 bits per heavy atom. The first-order valence-corrected chi connectivity index (χ1v) is 7.54. The number of H-pyrrole nitrogens is 1. The molecule has 1 atom stereocenters. The molecule has 2 aromatic heterocycles. The second-order valence-corrected chi connectivity index (χ2v) is 5.57. The molecule has 0 aliphatic carbocycles. The number of aromatic amines is 1. The van der Waals surface area contributed by atoms with E-state index in [1.54, 1.807) is 4.90 Å². The number of amides is 1. The van der Waals surface area contributed by atoms with Crippen molar-refractivity contribution in [1.29, 1.82) is 0 Å². The van der Waals surface area contributed by atoms with Crippen molar-refractivity contribution < 1.29 is 22.7 Å². The molecule has 2 aromatic rings. The molecule has 0 aromatic carbocycles. The van der Waals surface area contributed by atoms with Crippen molar-refractivity contribution in [2.45, 2.75) is 25.1 Å². The zero-order valence-electron chi connectivity index (χ0n) is 12.7. The van der Waals surface area contributed by atoms with Crippen LogP contribution in [0, 0.1) is 0 Å². The van der Waals surface area contributed by atoms with Crippen molar-refractivity contribution in [2.75, 3.05) is 13.2 Å². The lowest BCUT2D eigenvalue weighted by Gasteiger charge is -2.24. The highest BCUT2D eigenvalue weighted by Gasteiger charge is 2.31. The summed E-state index contributed by atoms with van der Waals surface area (Å²) in [6.07, 6.45) is 0.403. The topological polar surface area (TPSA) is 58.2 Å². The molecule has 0 unspecified atom stereocenters. The van der Waals surface area contributed by atoms with E-state index in [0.29, 0.717) is 12.1 Å². The summed E-state index contributed by atoms with van der Waals surface area (Å²) >= 11 is 0. The Hall–Kier alpha value is -2.51. The highest BCUT2D eigenvalue weighted by Crippen LogP contribution is 2.32. The van der Waals surface area contributed by atoms with Gasteiger partial charge >= 0.3 is 6.18 Å². The smallest absolute Gasteiger partial charge is 0.422 e. The largest absolute Gasteiger partial charge is 0.468 e. The van der Waals surface area contributed by atoms with Gasteiger partial charge in [-0.1, -0.05) is 0 Å². The van der Waals surface area contributed by atoms with Gasteiger partial charge in [-0.3, -0.25) is 4.79 Å². The van der Waals surface area contributed by atoms with Crippen LogP contribution in [0.3, 0.4) is 0 Å². The second-order valence-electron chi connectivity index (χ2n) is 5.57. The minimum Gasteiger partial charge on any atom is -0.468 e. The Balaban J connectivity index is 1.68. The van der Waals surface area contributed by atoms with Crippen LogP contribution in [-0.2, 0) is 0 Å². The normalized spacial score (nSPS) is 18.0. The molecule has 1 saturated heterocycles. The van der Waals surface area contributed by atoms with Crippen LogP contribution in [0.15, 0.2) is 36.7 Å². The van der Waals surface area contributed by atoms with E-state index in [1.165, 1.54) is 18.3 Å². The molecular weight excluding hydrogens is 323 g/mol. The van der Waals surface area contributed by atoms with Crippen LogP contribution in [0.5, 0.6) is 5.88 Å². The number of ether oxygens (including phenoxy) is 1. The van der Waals surface area contributed by atoms with E-state index in [-0.39, 0.29) is 17.8 Å². The molecule has 8 heteroatoms. The van der Waals surface area contributed by atoms with E-state index in [4.69, 9.17) is 0 Å². The van der Waals surface area contributed by atoms with E-state index >= 15 is 0 Å². The van der Waals surface area contributed by atoms with Crippen LogP contribution in [0.1, 0.15) is 34.9 Å².